The van der Waals surface area contributed by atoms with E-state index in [1.54, 1.807) is 0 Å². The van der Waals surface area contributed by atoms with Gasteiger partial charge in [-0.2, -0.15) is 5.26 Å². The van der Waals surface area contributed by atoms with Crippen LogP contribution in [0.2, 0.25) is 0 Å². The van der Waals surface area contributed by atoms with Gasteiger partial charge in [0.2, 0.25) is 0 Å². The van der Waals surface area contributed by atoms with Gasteiger partial charge in [0.15, 0.2) is 0 Å². The molecule has 0 saturated carbocycles. The Morgan fingerprint density at radius 2 is 2.29 bits per heavy atom. The van der Waals surface area contributed by atoms with Crippen molar-refractivity contribution < 1.29 is 9.53 Å². The molecule has 0 aromatic heterocycles. The Morgan fingerprint density at radius 3 is 3.00 bits per heavy atom. The lowest BCUT2D eigenvalue weighted by Crippen LogP contribution is -2.49. The van der Waals surface area contributed by atoms with Crippen LogP contribution in [0.1, 0.15) is 24.8 Å². The van der Waals surface area contributed by atoms with Crippen LogP contribution >= 0.6 is 27.5 Å². The topological polar surface area (TPSA) is 62.1 Å². The molecule has 0 aliphatic carbocycles. The van der Waals surface area contributed by atoms with Gasteiger partial charge in [0.25, 0.3) is 5.91 Å². The van der Waals surface area contributed by atoms with Crippen LogP contribution in [-0.4, -0.2) is 12.5 Å². The highest BCUT2D eigenvalue weighted by atomic mass is 79.9. The molecule has 1 spiro atoms. The van der Waals surface area contributed by atoms with Gasteiger partial charge in [-0.3, -0.25) is 4.79 Å². The van der Waals surface area contributed by atoms with Crippen molar-refractivity contribution in [1.29, 1.82) is 5.26 Å². The summed E-state index contributed by atoms with van der Waals surface area (Å²) < 4.78 is 6.69. The molecule has 1 N–H and O–H groups in total. The van der Waals surface area contributed by atoms with Gasteiger partial charge in [-0.25, -0.2) is 0 Å². The van der Waals surface area contributed by atoms with Crippen molar-refractivity contribution in [2.75, 3.05) is 6.61 Å². The fraction of sp³-hybridized carbons (Fsp3) is 0.333. The minimum absolute atomic E-state index is 0.00567. The summed E-state index contributed by atoms with van der Waals surface area (Å²) >= 11 is 9.62. The van der Waals surface area contributed by atoms with Crippen molar-refractivity contribution in [3.05, 3.63) is 38.8 Å². The average Bonchev–Trinajstić information content (AvgIpc) is 2.58. The first-order valence-corrected chi connectivity index (χ1v) is 7.77. The summed E-state index contributed by atoms with van der Waals surface area (Å²) in [6.45, 7) is 0.591. The summed E-state index contributed by atoms with van der Waals surface area (Å²) in [5, 5.41) is 12.3. The standard InChI is InChI=1S/C15H12BrClN2O2/c16-9-2-3-11-13(6-9)21-5-1-4-15(11)7-12(17)10(8-18)14(20)19-15/h2-3,6H,1,4-5,7H2,(H,19,20)/t15-/m0/s1. The molecule has 6 heteroatoms. The number of benzene rings is 1. The number of ether oxygens (including phenoxy) is 1. The molecule has 108 valence electrons. The van der Waals surface area contributed by atoms with Crippen LogP contribution in [0, 0.1) is 11.3 Å². The summed E-state index contributed by atoms with van der Waals surface area (Å²) in [4.78, 5) is 12.2. The lowest BCUT2D eigenvalue weighted by Gasteiger charge is -2.37. The molecular formula is C15H12BrClN2O2. The van der Waals surface area contributed by atoms with Gasteiger partial charge in [0, 0.05) is 21.5 Å². The minimum Gasteiger partial charge on any atom is -0.493 e. The van der Waals surface area contributed by atoms with E-state index in [9.17, 15) is 4.79 Å². The zero-order chi connectivity index (χ0) is 15.0. The maximum atomic E-state index is 12.2. The number of hydrogen-bond acceptors (Lipinski definition) is 3. The Balaban J connectivity index is 2.13. The predicted molar refractivity (Wildman–Crippen MR) is 81.8 cm³/mol. The molecule has 4 nitrogen and oxygen atoms in total. The van der Waals surface area contributed by atoms with Crippen molar-refractivity contribution in [2.24, 2.45) is 0 Å². The highest BCUT2D eigenvalue weighted by molar-refractivity contribution is 9.10. The molecule has 2 aliphatic rings. The molecule has 0 radical (unpaired) electrons. The van der Waals surface area contributed by atoms with Crippen LogP contribution in [0.3, 0.4) is 0 Å². The third-order valence-electron chi connectivity index (χ3n) is 3.88. The summed E-state index contributed by atoms with van der Waals surface area (Å²) in [7, 11) is 0. The van der Waals surface area contributed by atoms with Gasteiger partial charge in [-0.1, -0.05) is 33.6 Å². The fourth-order valence-electron chi connectivity index (χ4n) is 2.93. The van der Waals surface area contributed by atoms with Gasteiger partial charge < -0.3 is 10.1 Å². The fourth-order valence-corrected chi connectivity index (χ4v) is 3.62. The van der Waals surface area contributed by atoms with E-state index in [2.05, 4.69) is 21.2 Å². The highest BCUT2D eigenvalue weighted by Crippen LogP contribution is 2.44. The van der Waals surface area contributed by atoms with Gasteiger partial charge >= 0.3 is 0 Å². The van der Waals surface area contributed by atoms with E-state index in [1.807, 2.05) is 24.3 Å². The Morgan fingerprint density at radius 1 is 1.48 bits per heavy atom. The van der Waals surface area contributed by atoms with Crippen LogP contribution in [0.5, 0.6) is 5.75 Å². The monoisotopic (exact) mass is 366 g/mol. The molecule has 2 aliphatic heterocycles. The van der Waals surface area contributed by atoms with E-state index in [1.165, 1.54) is 0 Å². The Hall–Kier alpha value is -1.51. The molecule has 3 rings (SSSR count). The number of carbonyl (C=O) groups excluding carboxylic acids is 1. The smallest absolute Gasteiger partial charge is 0.263 e. The second kappa shape index (κ2) is 5.36. The van der Waals surface area contributed by atoms with Crippen molar-refractivity contribution >= 4 is 33.4 Å². The van der Waals surface area contributed by atoms with Crippen molar-refractivity contribution in [2.45, 2.75) is 24.8 Å². The number of amides is 1. The molecule has 1 aromatic carbocycles. The third-order valence-corrected chi connectivity index (χ3v) is 4.70. The van der Waals surface area contributed by atoms with E-state index in [0.717, 1.165) is 28.6 Å². The highest BCUT2D eigenvalue weighted by Gasteiger charge is 2.42. The van der Waals surface area contributed by atoms with E-state index < -0.39 is 11.4 Å². The van der Waals surface area contributed by atoms with Crippen LogP contribution in [0.15, 0.2) is 33.3 Å². The Kier molecular flexibility index (Phi) is 3.68. The van der Waals surface area contributed by atoms with Gasteiger partial charge in [-0.05, 0) is 25.0 Å². The number of nitriles is 1. The molecular weight excluding hydrogens is 356 g/mol. The number of halogens is 2. The first-order valence-electron chi connectivity index (χ1n) is 6.60. The number of rotatable bonds is 0. The largest absolute Gasteiger partial charge is 0.493 e. The first-order chi connectivity index (χ1) is 10.1. The van der Waals surface area contributed by atoms with Gasteiger partial charge in [-0.15, -0.1) is 0 Å². The van der Waals surface area contributed by atoms with Crippen LogP contribution in [0.25, 0.3) is 0 Å². The Labute approximate surface area is 135 Å². The normalized spacial score (nSPS) is 24.7. The molecule has 21 heavy (non-hydrogen) atoms. The second-order valence-corrected chi connectivity index (χ2v) is 6.57. The van der Waals surface area contributed by atoms with Crippen molar-refractivity contribution in [3.63, 3.8) is 0 Å². The SMILES string of the molecule is N#CC1=C(Cl)C[C@]2(CCCOc3cc(Br)ccc32)NC1=O. The zero-order valence-electron chi connectivity index (χ0n) is 11.1. The van der Waals surface area contributed by atoms with Crippen LogP contribution in [0.4, 0.5) is 0 Å². The summed E-state index contributed by atoms with van der Waals surface area (Å²) in [5.74, 6) is 0.330. The van der Waals surface area contributed by atoms with Gasteiger partial charge in [0.1, 0.15) is 17.4 Å². The molecule has 1 atom stereocenters. The molecule has 1 aromatic rings. The summed E-state index contributed by atoms with van der Waals surface area (Å²) in [5.41, 5.74) is 0.318. The lowest BCUT2D eigenvalue weighted by atomic mass is 9.79. The van der Waals surface area contributed by atoms with E-state index in [0.29, 0.717) is 18.1 Å². The molecule has 1 amide bonds. The molecule has 0 bridgehead atoms. The maximum Gasteiger partial charge on any atom is 0.263 e. The van der Waals surface area contributed by atoms with E-state index in [4.69, 9.17) is 21.6 Å². The quantitative estimate of drug-likeness (QED) is 0.765. The predicted octanol–water partition coefficient (Wildman–Crippen LogP) is 3.35. The number of carbonyl (C=O) groups is 1. The summed E-state index contributed by atoms with van der Waals surface area (Å²) in [6.07, 6.45) is 1.95. The molecule has 0 fully saturated rings. The Bertz CT molecular complexity index is 695. The van der Waals surface area contributed by atoms with Crippen molar-refractivity contribution in [3.8, 4) is 11.8 Å². The number of fused-ring (bicyclic) bond motifs is 2. The number of nitrogens with zero attached hydrogens (tertiary/aromatic N) is 1. The zero-order valence-corrected chi connectivity index (χ0v) is 13.4. The minimum atomic E-state index is -0.596. The molecule has 0 saturated heterocycles. The van der Waals surface area contributed by atoms with Crippen LogP contribution < -0.4 is 10.1 Å². The number of hydrogen-bond donors (Lipinski definition) is 1. The number of nitrogens with one attached hydrogen (secondary N) is 1. The van der Waals surface area contributed by atoms with Crippen molar-refractivity contribution in [1.82, 2.24) is 5.32 Å². The first kappa shape index (κ1) is 14.4. The maximum absolute atomic E-state index is 12.2. The third kappa shape index (κ3) is 2.43. The van der Waals surface area contributed by atoms with Gasteiger partial charge in [0.05, 0.1) is 12.1 Å². The summed E-state index contributed by atoms with van der Waals surface area (Å²) in [6, 6.07) is 7.62. The lowest BCUT2D eigenvalue weighted by molar-refractivity contribution is -0.119. The average molecular weight is 368 g/mol. The van der Waals surface area contributed by atoms with E-state index in [-0.39, 0.29) is 5.57 Å². The molecule has 2 heterocycles. The molecule has 0 unspecified atom stereocenters. The van der Waals surface area contributed by atoms with E-state index >= 15 is 0 Å². The van der Waals surface area contributed by atoms with Crippen LogP contribution in [-0.2, 0) is 10.3 Å². The second-order valence-electron chi connectivity index (χ2n) is 5.20.